The molecular weight excluding hydrogens is 545 g/mol. The second-order valence-corrected chi connectivity index (χ2v) is 13.5. The Morgan fingerprint density at radius 2 is 0.842 bits per heavy atom. The van der Waals surface area contributed by atoms with Crippen molar-refractivity contribution in [3.8, 4) is 0 Å². The summed E-state index contributed by atoms with van der Waals surface area (Å²) in [5.41, 5.74) is 7.18. The van der Waals surface area contributed by atoms with Crippen molar-refractivity contribution in [2.24, 2.45) is 0 Å². The molecule has 0 aliphatic heterocycles. The molecule has 4 heterocycles. The highest BCUT2D eigenvalue weighted by atomic mass is 32.1. The second kappa shape index (κ2) is 12.2. The van der Waals surface area contributed by atoms with Gasteiger partial charge in [-0.1, -0.05) is 78.1 Å². The van der Waals surface area contributed by atoms with Gasteiger partial charge in [0.25, 0.3) is 0 Å². The zero-order valence-electron chi connectivity index (χ0n) is 22.5. The zero-order chi connectivity index (χ0) is 25.9. The molecule has 0 amide bonds. The Kier molecular flexibility index (Phi) is 8.50. The van der Waals surface area contributed by atoms with Gasteiger partial charge in [0.05, 0.1) is 23.5 Å². The van der Waals surface area contributed by atoms with Gasteiger partial charge in [-0.25, -0.2) is 0 Å². The van der Waals surface area contributed by atoms with Crippen LogP contribution in [0.2, 0.25) is 0 Å². The van der Waals surface area contributed by atoms with Crippen molar-refractivity contribution in [1.82, 2.24) is 17.5 Å². The Labute approximate surface area is 241 Å². The lowest BCUT2D eigenvalue weighted by Gasteiger charge is -2.08. The van der Waals surface area contributed by atoms with Crippen molar-refractivity contribution in [1.29, 1.82) is 0 Å². The van der Waals surface area contributed by atoms with Crippen LogP contribution in [0.3, 0.4) is 0 Å². The topological polar surface area (TPSA) is 51.6 Å². The van der Waals surface area contributed by atoms with E-state index >= 15 is 0 Å². The number of hydrogen-bond donors (Lipinski definition) is 0. The molecule has 0 saturated heterocycles. The summed E-state index contributed by atoms with van der Waals surface area (Å²) in [6.07, 6.45) is 18.0. The molecule has 8 heteroatoms. The van der Waals surface area contributed by atoms with E-state index < -0.39 is 0 Å². The first-order valence-electron chi connectivity index (χ1n) is 14.5. The fraction of sp³-hybridized carbons (Fsp3) is 0.533. The van der Waals surface area contributed by atoms with Gasteiger partial charge < -0.3 is 0 Å². The Morgan fingerprint density at radius 1 is 0.474 bits per heavy atom. The Bertz CT molecular complexity index is 1550. The highest BCUT2D eigenvalue weighted by Gasteiger charge is 2.24. The maximum absolute atomic E-state index is 4.90. The third-order valence-corrected chi connectivity index (χ3v) is 11.1. The average Bonchev–Trinajstić information content (AvgIpc) is 3.73. The third-order valence-electron chi connectivity index (χ3n) is 7.96. The van der Waals surface area contributed by atoms with E-state index in [2.05, 4.69) is 24.6 Å². The Hall–Kier alpha value is -1.74. The lowest BCUT2D eigenvalue weighted by molar-refractivity contribution is 0.608. The van der Waals surface area contributed by atoms with Gasteiger partial charge in [0.2, 0.25) is 0 Å². The number of aromatic nitrogens is 4. The van der Waals surface area contributed by atoms with Gasteiger partial charge in [-0.3, -0.25) is 0 Å². The summed E-state index contributed by atoms with van der Waals surface area (Å²) in [4.78, 5) is 0. The average molecular weight is 581 g/mol. The van der Waals surface area contributed by atoms with Crippen molar-refractivity contribution in [3.05, 3.63) is 21.9 Å². The summed E-state index contributed by atoms with van der Waals surface area (Å²) < 4.78 is 22.2. The summed E-state index contributed by atoms with van der Waals surface area (Å²) >= 11 is 6.45. The molecule has 38 heavy (non-hydrogen) atoms. The van der Waals surface area contributed by atoms with Crippen LogP contribution in [0.1, 0.15) is 102 Å². The quantitative estimate of drug-likeness (QED) is 0.120. The van der Waals surface area contributed by atoms with Crippen LogP contribution in [0.5, 0.6) is 0 Å². The summed E-state index contributed by atoms with van der Waals surface area (Å²) in [6, 6.07) is 0. The van der Waals surface area contributed by atoms with Crippen LogP contribution in [0.15, 0.2) is 10.8 Å². The molecule has 0 aliphatic carbocycles. The molecule has 0 bridgehead atoms. The first-order valence-corrected chi connectivity index (χ1v) is 17.7. The van der Waals surface area contributed by atoms with Gasteiger partial charge in [-0.2, -0.15) is 17.5 Å². The van der Waals surface area contributed by atoms with Gasteiger partial charge in [-0.15, -0.1) is 22.7 Å². The van der Waals surface area contributed by atoms with E-state index in [4.69, 9.17) is 17.5 Å². The highest BCUT2D eigenvalue weighted by Crippen LogP contribution is 2.48. The number of thiophene rings is 2. The summed E-state index contributed by atoms with van der Waals surface area (Å²) in [7, 11) is 0. The van der Waals surface area contributed by atoms with Crippen LogP contribution < -0.4 is 0 Å². The fourth-order valence-corrected chi connectivity index (χ4v) is 9.38. The maximum atomic E-state index is 4.90. The molecule has 0 saturated carbocycles. The minimum Gasteiger partial charge on any atom is -0.172 e. The number of aryl methyl sites for hydroxylation is 2. The summed E-state index contributed by atoms with van der Waals surface area (Å²) in [5, 5.41) is 9.90. The molecule has 0 spiro atoms. The van der Waals surface area contributed by atoms with Crippen molar-refractivity contribution in [3.63, 3.8) is 0 Å². The lowest BCUT2D eigenvalue weighted by atomic mass is 9.96. The van der Waals surface area contributed by atoms with Crippen LogP contribution >= 0.6 is 46.1 Å². The van der Waals surface area contributed by atoms with E-state index in [-0.39, 0.29) is 0 Å². The smallest absolute Gasteiger partial charge is 0.114 e. The molecule has 200 valence electrons. The highest BCUT2D eigenvalue weighted by molar-refractivity contribution is 7.20. The third kappa shape index (κ3) is 4.87. The molecule has 6 aromatic rings. The number of rotatable bonds is 14. The van der Waals surface area contributed by atoms with Crippen LogP contribution in [-0.2, 0) is 12.8 Å². The second-order valence-electron chi connectivity index (χ2n) is 10.6. The fourth-order valence-electron chi connectivity index (χ4n) is 5.95. The number of fused-ring (bicyclic) bond motifs is 11. The maximum Gasteiger partial charge on any atom is 0.114 e. The summed E-state index contributed by atoms with van der Waals surface area (Å²) in [6.45, 7) is 4.56. The van der Waals surface area contributed by atoms with Gasteiger partial charge in [-0.05, 0) is 47.6 Å². The van der Waals surface area contributed by atoms with E-state index in [0.29, 0.717) is 0 Å². The molecule has 2 aromatic carbocycles. The van der Waals surface area contributed by atoms with E-state index in [1.807, 2.05) is 22.7 Å². The predicted octanol–water partition coefficient (Wildman–Crippen LogP) is 11.1. The van der Waals surface area contributed by atoms with Gasteiger partial charge in [0.1, 0.15) is 22.1 Å². The molecule has 0 N–H and O–H groups in total. The number of benzene rings is 2. The number of nitrogens with zero attached hydrogens (tertiary/aromatic N) is 4. The first kappa shape index (κ1) is 26.5. The van der Waals surface area contributed by atoms with Crippen molar-refractivity contribution >= 4 is 99.1 Å². The number of unbranched alkanes of at least 4 members (excludes halogenated alkanes) is 10. The van der Waals surface area contributed by atoms with Gasteiger partial charge in [0.15, 0.2) is 0 Å². The standard InChI is InChI=1S/C30H36N4S4/c1-3-5-7-9-11-13-15-19-17-35-29-21(19)25-27(33-37-31-25)24-23(29)28-26(32-38-34-28)22-20(18-36-30(22)24)16-14-12-10-8-6-4-2/h17-18H,3-16H2,1-2H3. The molecule has 4 aromatic heterocycles. The molecular formula is C30H36N4S4. The molecule has 0 fully saturated rings. The molecule has 0 atom stereocenters. The van der Waals surface area contributed by atoms with Crippen LogP contribution in [-0.4, -0.2) is 17.5 Å². The molecule has 0 radical (unpaired) electrons. The minimum absolute atomic E-state index is 1.06. The van der Waals surface area contributed by atoms with Crippen LogP contribution in [0, 0.1) is 0 Å². The molecule has 4 nitrogen and oxygen atoms in total. The van der Waals surface area contributed by atoms with E-state index in [0.717, 1.165) is 34.9 Å². The van der Waals surface area contributed by atoms with Crippen molar-refractivity contribution in [2.75, 3.05) is 0 Å². The van der Waals surface area contributed by atoms with Crippen molar-refractivity contribution < 1.29 is 0 Å². The Morgan fingerprint density at radius 3 is 1.26 bits per heavy atom. The predicted molar refractivity (Wildman–Crippen MR) is 171 cm³/mol. The SMILES string of the molecule is CCCCCCCCc1csc2c1c1nsnc1c1c3scc(CCCCCCCC)c3c3nsnc3c21. The van der Waals surface area contributed by atoms with E-state index in [1.54, 1.807) is 0 Å². The molecule has 6 rings (SSSR count). The molecule has 0 unspecified atom stereocenters. The largest absolute Gasteiger partial charge is 0.172 e. The van der Waals surface area contributed by atoms with Crippen molar-refractivity contribution in [2.45, 2.75) is 104 Å². The Balaban J connectivity index is 1.42. The number of hydrogen-bond acceptors (Lipinski definition) is 8. The van der Waals surface area contributed by atoms with Gasteiger partial charge in [0, 0.05) is 30.9 Å². The minimum atomic E-state index is 1.06. The zero-order valence-corrected chi connectivity index (χ0v) is 25.7. The van der Waals surface area contributed by atoms with E-state index in [1.165, 1.54) is 143 Å². The first-order chi connectivity index (χ1) is 18.8. The van der Waals surface area contributed by atoms with Crippen LogP contribution in [0.25, 0.3) is 53.0 Å². The lowest BCUT2D eigenvalue weighted by Crippen LogP contribution is -1.89. The van der Waals surface area contributed by atoms with Crippen LogP contribution in [0.4, 0.5) is 0 Å². The summed E-state index contributed by atoms with van der Waals surface area (Å²) in [5.74, 6) is 0. The molecule has 0 aliphatic rings. The van der Waals surface area contributed by atoms with Gasteiger partial charge >= 0.3 is 0 Å². The van der Waals surface area contributed by atoms with E-state index in [9.17, 15) is 0 Å². The monoisotopic (exact) mass is 580 g/mol. The normalized spacial score (nSPS) is 12.4.